The fraction of sp³-hybridized carbons (Fsp3) is 0.176. The Bertz CT molecular complexity index is 879. The maximum absolute atomic E-state index is 11.3. The maximum atomic E-state index is 11.3. The molecular weight excluding hydrogens is 326 g/mol. The van der Waals surface area contributed by atoms with E-state index in [1.807, 2.05) is 42.3 Å². The highest BCUT2D eigenvalue weighted by molar-refractivity contribution is 7.21. The third-order valence-electron chi connectivity index (χ3n) is 3.84. The predicted octanol–water partition coefficient (Wildman–Crippen LogP) is 2.75. The Balaban J connectivity index is 1.95. The SMILES string of the molecule is CN(CC(O)c1ccccc1)c1ccnc2sc(C(=O)O)c(N)c12. The van der Waals surface area contributed by atoms with Crippen molar-refractivity contribution in [3.8, 4) is 0 Å². The van der Waals surface area contributed by atoms with Crippen LogP contribution in [-0.4, -0.2) is 34.8 Å². The van der Waals surface area contributed by atoms with Crippen molar-refractivity contribution in [2.24, 2.45) is 0 Å². The lowest BCUT2D eigenvalue weighted by atomic mass is 10.1. The minimum atomic E-state index is -1.06. The lowest BCUT2D eigenvalue weighted by Gasteiger charge is -2.23. The molecule has 6 nitrogen and oxygen atoms in total. The number of likely N-dealkylation sites (N-methyl/N-ethyl adjacent to an activating group) is 1. The summed E-state index contributed by atoms with van der Waals surface area (Å²) in [6.45, 7) is 0.348. The van der Waals surface area contributed by atoms with E-state index in [0.29, 0.717) is 16.8 Å². The Morgan fingerprint density at radius 3 is 2.71 bits per heavy atom. The number of anilines is 2. The molecule has 0 aliphatic rings. The van der Waals surface area contributed by atoms with Gasteiger partial charge >= 0.3 is 5.97 Å². The zero-order chi connectivity index (χ0) is 17.3. The van der Waals surface area contributed by atoms with Crippen molar-refractivity contribution in [1.29, 1.82) is 0 Å². The molecule has 2 aromatic heterocycles. The zero-order valence-electron chi connectivity index (χ0n) is 13.0. The molecule has 0 radical (unpaired) electrons. The van der Waals surface area contributed by atoms with Crippen LogP contribution in [0, 0.1) is 0 Å². The van der Waals surface area contributed by atoms with Crippen molar-refractivity contribution < 1.29 is 15.0 Å². The molecule has 124 valence electrons. The summed E-state index contributed by atoms with van der Waals surface area (Å²) in [6, 6.07) is 11.1. The molecule has 0 saturated heterocycles. The van der Waals surface area contributed by atoms with Crippen LogP contribution in [0.15, 0.2) is 42.6 Å². The summed E-state index contributed by atoms with van der Waals surface area (Å²) in [5, 5.41) is 20.3. The number of nitrogens with two attached hydrogens (primary N) is 1. The minimum absolute atomic E-state index is 0.0851. The largest absolute Gasteiger partial charge is 0.477 e. The van der Waals surface area contributed by atoms with Gasteiger partial charge in [0.15, 0.2) is 0 Å². The number of aliphatic hydroxyl groups excluding tert-OH is 1. The monoisotopic (exact) mass is 343 g/mol. The highest BCUT2D eigenvalue weighted by Gasteiger charge is 2.21. The number of fused-ring (bicyclic) bond motifs is 1. The summed E-state index contributed by atoms with van der Waals surface area (Å²) < 4.78 is 0. The standard InChI is InChI=1S/C17H17N3O3S/c1-20(9-12(21)10-5-3-2-4-6-10)11-7-8-19-16-13(11)14(18)15(24-16)17(22)23/h2-8,12,21H,9,18H2,1H3,(H,22,23). The Labute approximate surface area is 142 Å². The molecule has 3 rings (SSSR count). The van der Waals surface area contributed by atoms with Crippen molar-refractivity contribution >= 4 is 38.9 Å². The Morgan fingerprint density at radius 1 is 1.33 bits per heavy atom. The van der Waals surface area contributed by atoms with Crippen molar-refractivity contribution in [3.63, 3.8) is 0 Å². The van der Waals surface area contributed by atoms with Gasteiger partial charge in [0.2, 0.25) is 0 Å². The number of nitrogens with zero attached hydrogens (tertiary/aromatic N) is 2. The van der Waals surface area contributed by atoms with Crippen LogP contribution in [-0.2, 0) is 0 Å². The third-order valence-corrected chi connectivity index (χ3v) is 4.95. The van der Waals surface area contributed by atoms with Gasteiger partial charge in [0.05, 0.1) is 22.9 Å². The lowest BCUT2D eigenvalue weighted by molar-refractivity contribution is 0.0703. The lowest BCUT2D eigenvalue weighted by Crippen LogP contribution is -2.24. The number of carbonyl (C=O) groups is 1. The Hall–Kier alpha value is -2.64. The van der Waals surface area contributed by atoms with Crippen LogP contribution >= 0.6 is 11.3 Å². The van der Waals surface area contributed by atoms with Gasteiger partial charge in [0.25, 0.3) is 0 Å². The second-order valence-electron chi connectivity index (χ2n) is 5.47. The van der Waals surface area contributed by atoms with Gasteiger partial charge in [-0.1, -0.05) is 30.3 Å². The van der Waals surface area contributed by atoms with Crippen LogP contribution in [0.4, 0.5) is 11.4 Å². The van der Waals surface area contributed by atoms with E-state index in [1.165, 1.54) is 0 Å². The van der Waals surface area contributed by atoms with E-state index in [4.69, 9.17) is 5.73 Å². The summed E-state index contributed by atoms with van der Waals surface area (Å²) in [6.07, 6.45) is 0.947. The first kappa shape index (κ1) is 16.2. The van der Waals surface area contributed by atoms with Crippen molar-refractivity contribution in [3.05, 3.63) is 53.0 Å². The van der Waals surface area contributed by atoms with Crippen molar-refractivity contribution in [1.82, 2.24) is 4.98 Å². The molecule has 0 saturated carbocycles. The van der Waals surface area contributed by atoms with Gasteiger partial charge in [-0.3, -0.25) is 0 Å². The fourth-order valence-corrected chi connectivity index (χ4v) is 3.57. The van der Waals surface area contributed by atoms with Gasteiger partial charge in [-0.15, -0.1) is 11.3 Å². The molecule has 3 aromatic rings. The average Bonchev–Trinajstić information content (AvgIpc) is 2.93. The first-order valence-corrected chi connectivity index (χ1v) is 8.15. The number of aliphatic hydroxyl groups is 1. The molecule has 0 amide bonds. The number of aromatic carboxylic acids is 1. The number of benzene rings is 1. The van der Waals surface area contributed by atoms with Gasteiger partial charge in [-0.2, -0.15) is 0 Å². The molecule has 0 bridgehead atoms. The second kappa shape index (κ2) is 6.46. The number of pyridine rings is 1. The maximum Gasteiger partial charge on any atom is 0.348 e. The minimum Gasteiger partial charge on any atom is -0.477 e. The summed E-state index contributed by atoms with van der Waals surface area (Å²) in [4.78, 5) is 18.0. The topological polar surface area (TPSA) is 99.7 Å². The number of rotatable bonds is 5. The number of thiophene rings is 1. The van der Waals surface area contributed by atoms with Gasteiger partial charge in [-0.25, -0.2) is 9.78 Å². The van der Waals surface area contributed by atoms with Crippen LogP contribution in [0.1, 0.15) is 21.3 Å². The molecule has 24 heavy (non-hydrogen) atoms. The molecule has 1 atom stereocenters. The summed E-state index contributed by atoms with van der Waals surface area (Å²) in [5.41, 5.74) is 7.80. The molecule has 0 aliphatic carbocycles. The molecule has 4 N–H and O–H groups in total. The van der Waals surface area contributed by atoms with E-state index in [-0.39, 0.29) is 10.6 Å². The van der Waals surface area contributed by atoms with Gasteiger partial charge in [0.1, 0.15) is 9.71 Å². The molecular formula is C17H17N3O3S. The third kappa shape index (κ3) is 2.91. The molecule has 0 aliphatic heterocycles. The number of aromatic nitrogens is 1. The van der Waals surface area contributed by atoms with E-state index < -0.39 is 12.1 Å². The Morgan fingerprint density at radius 2 is 2.04 bits per heavy atom. The number of carboxylic acids is 1. The van der Waals surface area contributed by atoms with Gasteiger partial charge in [-0.05, 0) is 11.6 Å². The summed E-state index contributed by atoms with van der Waals surface area (Å²) in [7, 11) is 1.83. The quantitative estimate of drug-likeness (QED) is 0.659. The highest BCUT2D eigenvalue weighted by Crippen LogP contribution is 2.38. The first-order valence-electron chi connectivity index (χ1n) is 7.33. The van der Waals surface area contributed by atoms with Gasteiger partial charge in [0, 0.05) is 19.8 Å². The fourth-order valence-electron chi connectivity index (χ4n) is 2.64. The molecule has 0 fully saturated rings. The number of hydrogen-bond acceptors (Lipinski definition) is 6. The number of hydrogen-bond donors (Lipinski definition) is 3. The first-order chi connectivity index (χ1) is 11.5. The van der Waals surface area contributed by atoms with Crippen LogP contribution < -0.4 is 10.6 Å². The number of carboxylic acid groups (broad SMARTS) is 1. The van der Waals surface area contributed by atoms with E-state index >= 15 is 0 Å². The van der Waals surface area contributed by atoms with Crippen LogP contribution in [0.3, 0.4) is 0 Å². The molecule has 7 heteroatoms. The number of nitrogen functional groups attached to an aromatic ring is 1. The molecule has 0 spiro atoms. The second-order valence-corrected chi connectivity index (χ2v) is 6.47. The van der Waals surface area contributed by atoms with Crippen LogP contribution in [0.25, 0.3) is 10.2 Å². The zero-order valence-corrected chi connectivity index (χ0v) is 13.8. The van der Waals surface area contributed by atoms with Crippen LogP contribution in [0.5, 0.6) is 0 Å². The normalized spacial score (nSPS) is 12.2. The Kier molecular flexibility index (Phi) is 4.37. The summed E-state index contributed by atoms with van der Waals surface area (Å²) >= 11 is 1.05. The molecule has 1 unspecified atom stereocenters. The van der Waals surface area contributed by atoms with Crippen molar-refractivity contribution in [2.75, 3.05) is 24.2 Å². The van der Waals surface area contributed by atoms with E-state index in [0.717, 1.165) is 22.6 Å². The van der Waals surface area contributed by atoms with E-state index in [9.17, 15) is 15.0 Å². The average molecular weight is 343 g/mol. The summed E-state index contributed by atoms with van der Waals surface area (Å²) in [5.74, 6) is -1.06. The van der Waals surface area contributed by atoms with Gasteiger partial charge < -0.3 is 20.8 Å². The highest BCUT2D eigenvalue weighted by atomic mass is 32.1. The van der Waals surface area contributed by atoms with Crippen LogP contribution in [0.2, 0.25) is 0 Å². The molecule has 2 heterocycles. The van der Waals surface area contributed by atoms with E-state index in [2.05, 4.69) is 4.98 Å². The van der Waals surface area contributed by atoms with Crippen molar-refractivity contribution in [2.45, 2.75) is 6.10 Å². The smallest absolute Gasteiger partial charge is 0.348 e. The van der Waals surface area contributed by atoms with E-state index in [1.54, 1.807) is 12.3 Å². The predicted molar refractivity (Wildman–Crippen MR) is 95.7 cm³/mol. The molecule has 1 aromatic carbocycles.